The number of hydrogen-bond acceptors (Lipinski definition) is 4. The second-order valence-corrected chi connectivity index (χ2v) is 7.93. The zero-order chi connectivity index (χ0) is 19.0. The Morgan fingerprint density at radius 3 is 2.59 bits per heavy atom. The van der Waals surface area contributed by atoms with Crippen LogP contribution in [-0.2, 0) is 4.74 Å². The highest BCUT2D eigenvalue weighted by molar-refractivity contribution is 7.17. The number of benzene rings is 2. The van der Waals surface area contributed by atoms with Crippen molar-refractivity contribution in [2.45, 2.75) is 13.8 Å². The number of aryl methyl sites for hydroxylation is 2. The highest BCUT2D eigenvalue weighted by Crippen LogP contribution is 2.35. The molecule has 3 aromatic rings. The molecule has 4 rings (SSSR count). The van der Waals surface area contributed by atoms with Gasteiger partial charge in [0.1, 0.15) is 0 Å². The minimum absolute atomic E-state index is 0.0808. The van der Waals surface area contributed by atoms with Crippen LogP contribution in [0.15, 0.2) is 36.4 Å². The van der Waals surface area contributed by atoms with Gasteiger partial charge < -0.3 is 9.64 Å². The molecule has 0 atom stereocenters. The largest absolute Gasteiger partial charge is 0.378 e. The van der Waals surface area contributed by atoms with Crippen LogP contribution in [0.3, 0.4) is 0 Å². The van der Waals surface area contributed by atoms with Gasteiger partial charge in [0.2, 0.25) is 0 Å². The first-order valence-corrected chi connectivity index (χ1v) is 9.86. The van der Waals surface area contributed by atoms with Crippen molar-refractivity contribution in [3.63, 3.8) is 0 Å². The fourth-order valence-electron chi connectivity index (χ4n) is 3.56. The van der Waals surface area contributed by atoms with Crippen molar-refractivity contribution in [3.8, 4) is 10.4 Å². The van der Waals surface area contributed by atoms with Crippen molar-refractivity contribution in [3.05, 3.63) is 58.0 Å². The SMILES string of the molecule is Cc1cc(C(=O)N2CCOCC2)sc1-c1ccc2c(C=O)c(C)ccc2c1. The molecule has 0 N–H and O–H groups in total. The van der Waals surface area contributed by atoms with Gasteiger partial charge in [-0.2, -0.15) is 0 Å². The Morgan fingerprint density at radius 2 is 1.85 bits per heavy atom. The molecule has 1 aliphatic rings. The first-order chi connectivity index (χ1) is 13.1. The van der Waals surface area contributed by atoms with E-state index in [-0.39, 0.29) is 5.91 Å². The van der Waals surface area contributed by atoms with E-state index in [1.165, 1.54) is 11.3 Å². The van der Waals surface area contributed by atoms with Gasteiger partial charge >= 0.3 is 0 Å². The van der Waals surface area contributed by atoms with E-state index >= 15 is 0 Å². The van der Waals surface area contributed by atoms with Crippen LogP contribution in [0.1, 0.15) is 31.2 Å². The van der Waals surface area contributed by atoms with Gasteiger partial charge in [-0.1, -0.05) is 24.3 Å². The van der Waals surface area contributed by atoms with E-state index in [1.54, 1.807) is 0 Å². The van der Waals surface area contributed by atoms with Crippen molar-refractivity contribution >= 4 is 34.3 Å². The van der Waals surface area contributed by atoms with E-state index in [4.69, 9.17) is 4.74 Å². The van der Waals surface area contributed by atoms with Crippen molar-refractivity contribution in [2.75, 3.05) is 26.3 Å². The fraction of sp³-hybridized carbons (Fsp3) is 0.273. The van der Waals surface area contributed by atoms with Crippen molar-refractivity contribution in [1.82, 2.24) is 4.90 Å². The van der Waals surface area contributed by atoms with E-state index in [1.807, 2.05) is 49.1 Å². The van der Waals surface area contributed by atoms with Crippen LogP contribution in [0.4, 0.5) is 0 Å². The van der Waals surface area contributed by atoms with E-state index in [0.717, 1.165) is 49.1 Å². The Morgan fingerprint density at radius 1 is 1.07 bits per heavy atom. The number of carbonyl (C=O) groups excluding carboxylic acids is 2. The van der Waals surface area contributed by atoms with Crippen molar-refractivity contribution < 1.29 is 14.3 Å². The Hall–Kier alpha value is -2.50. The van der Waals surface area contributed by atoms with Crippen LogP contribution in [0, 0.1) is 13.8 Å². The van der Waals surface area contributed by atoms with Crippen LogP contribution >= 0.6 is 11.3 Å². The first-order valence-electron chi connectivity index (χ1n) is 9.05. The Kier molecular flexibility index (Phi) is 4.81. The lowest BCUT2D eigenvalue weighted by atomic mass is 9.98. The van der Waals surface area contributed by atoms with Gasteiger partial charge in [-0.3, -0.25) is 9.59 Å². The Balaban J connectivity index is 1.71. The molecule has 0 bridgehead atoms. The lowest BCUT2D eigenvalue weighted by Gasteiger charge is -2.26. The maximum absolute atomic E-state index is 12.8. The number of hydrogen-bond donors (Lipinski definition) is 0. The number of morpholine rings is 1. The van der Waals surface area contributed by atoms with E-state index in [2.05, 4.69) is 6.07 Å². The van der Waals surface area contributed by atoms with Gasteiger partial charge in [0.25, 0.3) is 5.91 Å². The minimum Gasteiger partial charge on any atom is -0.378 e. The Bertz CT molecular complexity index is 1030. The molecule has 2 aromatic carbocycles. The molecule has 0 unspecified atom stereocenters. The third-order valence-electron chi connectivity index (χ3n) is 5.09. The van der Waals surface area contributed by atoms with Gasteiger partial charge in [0.05, 0.1) is 18.1 Å². The van der Waals surface area contributed by atoms with E-state index in [9.17, 15) is 9.59 Å². The summed E-state index contributed by atoms with van der Waals surface area (Å²) in [5.74, 6) is 0.0808. The molecule has 5 heteroatoms. The van der Waals surface area contributed by atoms with Crippen LogP contribution in [-0.4, -0.2) is 43.4 Å². The first kappa shape index (κ1) is 17.9. The Labute approximate surface area is 162 Å². The van der Waals surface area contributed by atoms with Gasteiger partial charge in [-0.25, -0.2) is 0 Å². The maximum atomic E-state index is 12.8. The molecular weight excluding hydrogens is 358 g/mol. The van der Waals surface area contributed by atoms with Gasteiger partial charge in [-0.05, 0) is 53.4 Å². The summed E-state index contributed by atoms with van der Waals surface area (Å²) in [5.41, 5.74) is 3.89. The zero-order valence-corrected chi connectivity index (χ0v) is 16.3. The molecule has 0 spiro atoms. The molecule has 138 valence electrons. The molecule has 1 aromatic heterocycles. The molecule has 1 saturated heterocycles. The number of aldehydes is 1. The summed E-state index contributed by atoms with van der Waals surface area (Å²) < 4.78 is 5.34. The summed E-state index contributed by atoms with van der Waals surface area (Å²) in [6.07, 6.45) is 0.923. The average Bonchev–Trinajstić information content (AvgIpc) is 3.09. The second kappa shape index (κ2) is 7.25. The number of nitrogens with zero attached hydrogens (tertiary/aromatic N) is 1. The number of thiophene rings is 1. The second-order valence-electron chi connectivity index (χ2n) is 6.88. The maximum Gasteiger partial charge on any atom is 0.264 e. The van der Waals surface area contributed by atoms with Crippen LogP contribution in [0.2, 0.25) is 0 Å². The monoisotopic (exact) mass is 379 g/mol. The van der Waals surface area contributed by atoms with Crippen LogP contribution < -0.4 is 0 Å². The number of amides is 1. The number of ether oxygens (including phenoxy) is 1. The zero-order valence-electron chi connectivity index (χ0n) is 15.5. The van der Waals surface area contributed by atoms with E-state index in [0.29, 0.717) is 26.3 Å². The summed E-state index contributed by atoms with van der Waals surface area (Å²) in [4.78, 5) is 27.9. The molecule has 0 radical (unpaired) electrons. The lowest BCUT2D eigenvalue weighted by molar-refractivity contribution is 0.0306. The summed E-state index contributed by atoms with van der Waals surface area (Å²) >= 11 is 1.53. The summed E-state index contributed by atoms with van der Waals surface area (Å²) in [6.45, 7) is 6.49. The molecule has 1 aliphatic heterocycles. The number of fused-ring (bicyclic) bond motifs is 1. The molecule has 1 amide bonds. The topological polar surface area (TPSA) is 46.6 Å². The summed E-state index contributed by atoms with van der Waals surface area (Å²) in [7, 11) is 0. The molecule has 27 heavy (non-hydrogen) atoms. The third kappa shape index (κ3) is 3.29. The fourth-order valence-corrected chi connectivity index (χ4v) is 4.69. The number of carbonyl (C=O) groups is 2. The van der Waals surface area contributed by atoms with E-state index < -0.39 is 0 Å². The smallest absolute Gasteiger partial charge is 0.264 e. The van der Waals surface area contributed by atoms with Crippen molar-refractivity contribution in [2.24, 2.45) is 0 Å². The lowest BCUT2D eigenvalue weighted by Crippen LogP contribution is -2.40. The predicted octanol–water partition coefficient (Wildman–Crippen LogP) is 4.47. The molecule has 0 saturated carbocycles. The van der Waals surface area contributed by atoms with Crippen LogP contribution in [0.5, 0.6) is 0 Å². The quantitative estimate of drug-likeness (QED) is 0.631. The van der Waals surface area contributed by atoms with Gasteiger partial charge in [0.15, 0.2) is 6.29 Å². The van der Waals surface area contributed by atoms with Gasteiger partial charge in [-0.15, -0.1) is 11.3 Å². The van der Waals surface area contributed by atoms with Gasteiger partial charge in [0, 0.05) is 23.5 Å². The average molecular weight is 379 g/mol. The molecule has 4 nitrogen and oxygen atoms in total. The highest BCUT2D eigenvalue weighted by Gasteiger charge is 2.21. The summed E-state index contributed by atoms with van der Waals surface area (Å²) in [5, 5.41) is 2.00. The number of rotatable bonds is 3. The minimum atomic E-state index is 0.0808. The third-order valence-corrected chi connectivity index (χ3v) is 6.36. The standard InChI is InChI=1S/C22H21NO3S/c1-14-3-4-16-12-17(5-6-18(16)19(14)13-24)21-15(2)11-20(27-21)22(25)23-7-9-26-10-8-23/h3-6,11-13H,7-10H2,1-2H3. The normalized spacial score (nSPS) is 14.5. The predicted molar refractivity (Wildman–Crippen MR) is 109 cm³/mol. The molecule has 2 heterocycles. The highest BCUT2D eigenvalue weighted by atomic mass is 32.1. The van der Waals surface area contributed by atoms with Crippen molar-refractivity contribution in [1.29, 1.82) is 0 Å². The molecule has 0 aliphatic carbocycles. The summed E-state index contributed by atoms with van der Waals surface area (Å²) in [6, 6.07) is 12.1. The van der Waals surface area contributed by atoms with Crippen LogP contribution in [0.25, 0.3) is 21.2 Å². The molecular formula is C22H21NO3S. The molecule has 1 fully saturated rings.